The number of hydrogen-bond donors (Lipinski definition) is 0. The number of halogens is 1. The van der Waals surface area contributed by atoms with Crippen LogP contribution in [0.4, 0.5) is 4.39 Å². The van der Waals surface area contributed by atoms with Crippen LogP contribution in [-0.4, -0.2) is 14.7 Å². The Morgan fingerprint density at radius 2 is 2.07 bits per heavy atom. The van der Waals surface area contributed by atoms with E-state index in [1.807, 2.05) is 0 Å². The molecule has 5 rings (SSSR count). The van der Waals surface area contributed by atoms with Crippen LogP contribution in [-0.2, 0) is 18.6 Å². The van der Waals surface area contributed by atoms with Crippen molar-refractivity contribution in [3.05, 3.63) is 68.9 Å². The minimum atomic E-state index is -0.446. The summed E-state index contributed by atoms with van der Waals surface area (Å²) in [6.45, 7) is 0. The molecule has 0 spiro atoms. The molecule has 0 atom stereocenters. The van der Waals surface area contributed by atoms with Gasteiger partial charge in [-0.15, -0.1) is 11.3 Å². The lowest BCUT2D eigenvalue weighted by Crippen LogP contribution is -2.23. The van der Waals surface area contributed by atoms with Gasteiger partial charge in [0.2, 0.25) is 0 Å². The van der Waals surface area contributed by atoms with E-state index in [1.165, 1.54) is 33.5 Å². The Hall–Kier alpha value is -2.45. The number of benzene rings is 1. The second kappa shape index (κ2) is 7.18. The van der Waals surface area contributed by atoms with Gasteiger partial charge in [0.25, 0.3) is 5.56 Å². The fourth-order valence-corrected chi connectivity index (χ4v) is 5.78. The molecule has 28 heavy (non-hydrogen) atoms. The molecule has 142 valence electrons. The van der Waals surface area contributed by atoms with Crippen LogP contribution in [0.15, 0.2) is 51.1 Å². The minimum Gasteiger partial charge on any atom is -0.364 e. The summed E-state index contributed by atoms with van der Waals surface area (Å²) in [5, 5.41) is 5.02. The molecule has 1 aromatic carbocycles. The van der Waals surface area contributed by atoms with Crippen molar-refractivity contribution in [1.82, 2.24) is 14.7 Å². The third kappa shape index (κ3) is 2.97. The molecular formula is C20H16FN3O2S2. The van der Waals surface area contributed by atoms with Crippen LogP contribution in [0.3, 0.4) is 0 Å². The first-order valence-electron chi connectivity index (χ1n) is 9.06. The summed E-state index contributed by atoms with van der Waals surface area (Å²) >= 11 is 2.95. The summed E-state index contributed by atoms with van der Waals surface area (Å²) in [6, 6.07) is 8.08. The number of fused-ring (bicyclic) bond motifs is 3. The Kier molecular flexibility index (Phi) is 4.52. The first kappa shape index (κ1) is 17.6. The lowest BCUT2D eigenvalue weighted by atomic mass is 9.97. The monoisotopic (exact) mass is 413 g/mol. The Morgan fingerprint density at radius 3 is 2.89 bits per heavy atom. The van der Waals surface area contributed by atoms with Gasteiger partial charge in [-0.05, 0) is 43.4 Å². The molecule has 3 heterocycles. The summed E-state index contributed by atoms with van der Waals surface area (Å²) < 4.78 is 20.9. The van der Waals surface area contributed by atoms with Crippen LogP contribution in [0.25, 0.3) is 15.9 Å². The van der Waals surface area contributed by atoms with Crippen molar-refractivity contribution in [3.8, 4) is 5.69 Å². The van der Waals surface area contributed by atoms with Gasteiger partial charge in [0.05, 0.1) is 16.8 Å². The molecule has 0 radical (unpaired) electrons. The van der Waals surface area contributed by atoms with E-state index < -0.39 is 5.82 Å². The van der Waals surface area contributed by atoms with Crippen LogP contribution in [0.2, 0.25) is 0 Å². The average Bonchev–Trinajstić information content (AvgIpc) is 3.34. The molecule has 0 fully saturated rings. The number of nitrogens with zero attached hydrogens (tertiary/aromatic N) is 3. The summed E-state index contributed by atoms with van der Waals surface area (Å²) in [4.78, 5) is 20.3. The van der Waals surface area contributed by atoms with Gasteiger partial charge in [-0.2, -0.15) is 0 Å². The fraction of sp³-hybridized carbons (Fsp3) is 0.250. The first-order valence-corrected chi connectivity index (χ1v) is 10.9. The van der Waals surface area contributed by atoms with E-state index in [1.54, 1.807) is 35.6 Å². The maximum atomic E-state index is 14.6. The van der Waals surface area contributed by atoms with Gasteiger partial charge in [-0.3, -0.25) is 9.36 Å². The number of para-hydroxylation sites is 1. The molecule has 0 saturated carbocycles. The highest BCUT2D eigenvalue weighted by Crippen LogP contribution is 2.35. The number of rotatable bonds is 4. The molecule has 0 unspecified atom stereocenters. The van der Waals surface area contributed by atoms with E-state index in [9.17, 15) is 9.18 Å². The van der Waals surface area contributed by atoms with E-state index in [0.29, 0.717) is 16.3 Å². The molecule has 0 amide bonds. The van der Waals surface area contributed by atoms with E-state index in [0.717, 1.165) is 41.8 Å². The summed E-state index contributed by atoms with van der Waals surface area (Å²) in [7, 11) is 0. The second-order valence-electron chi connectivity index (χ2n) is 6.66. The molecule has 4 aromatic rings. The second-order valence-corrected chi connectivity index (χ2v) is 8.68. The lowest BCUT2D eigenvalue weighted by Gasteiger charge is -2.13. The number of hydrogen-bond acceptors (Lipinski definition) is 6. The van der Waals surface area contributed by atoms with Gasteiger partial charge in [-0.1, -0.05) is 29.1 Å². The van der Waals surface area contributed by atoms with Gasteiger partial charge in [0.15, 0.2) is 5.16 Å². The Labute approximate surface area is 168 Å². The zero-order valence-electron chi connectivity index (χ0n) is 14.9. The molecule has 1 aliphatic carbocycles. The number of thioether (sulfide) groups is 1. The molecule has 5 nitrogen and oxygen atoms in total. The maximum Gasteiger partial charge on any atom is 0.267 e. The lowest BCUT2D eigenvalue weighted by molar-refractivity contribution is 0.414. The molecule has 0 aliphatic heterocycles. The summed E-state index contributed by atoms with van der Waals surface area (Å²) in [6.07, 6.45) is 5.57. The Balaban J connectivity index is 1.73. The van der Waals surface area contributed by atoms with Crippen molar-refractivity contribution in [2.45, 2.75) is 36.6 Å². The third-order valence-corrected chi connectivity index (χ3v) is 7.05. The molecule has 1 aliphatic rings. The number of aromatic nitrogens is 3. The molecule has 8 heteroatoms. The van der Waals surface area contributed by atoms with Crippen LogP contribution in [0.1, 0.15) is 29.0 Å². The van der Waals surface area contributed by atoms with Crippen LogP contribution in [0, 0.1) is 5.82 Å². The molecule has 0 saturated heterocycles. The van der Waals surface area contributed by atoms with Crippen molar-refractivity contribution in [2.24, 2.45) is 0 Å². The van der Waals surface area contributed by atoms with Gasteiger partial charge in [0.1, 0.15) is 16.9 Å². The topological polar surface area (TPSA) is 60.9 Å². The van der Waals surface area contributed by atoms with Crippen molar-refractivity contribution >= 4 is 33.3 Å². The van der Waals surface area contributed by atoms with Crippen molar-refractivity contribution in [1.29, 1.82) is 0 Å². The normalized spacial score (nSPS) is 13.8. The van der Waals surface area contributed by atoms with E-state index in [2.05, 4.69) is 5.16 Å². The van der Waals surface area contributed by atoms with Crippen LogP contribution >= 0.6 is 23.1 Å². The largest absolute Gasteiger partial charge is 0.364 e. The van der Waals surface area contributed by atoms with Gasteiger partial charge >= 0.3 is 0 Å². The highest BCUT2D eigenvalue weighted by Gasteiger charge is 2.23. The smallest absolute Gasteiger partial charge is 0.267 e. The van der Waals surface area contributed by atoms with Crippen LogP contribution in [0.5, 0.6) is 0 Å². The summed E-state index contributed by atoms with van der Waals surface area (Å²) in [5.41, 5.74) is 1.87. The predicted octanol–water partition coefficient (Wildman–Crippen LogP) is 4.75. The molecule has 0 N–H and O–H groups in total. The Bertz CT molecular complexity index is 1210. The molecule has 0 bridgehead atoms. The standard InChI is InChI=1S/C20H16FN3O2S2/c21-14-6-2-3-7-15(14)24-19(25)17-13-5-1-4-8-16(13)28-18(17)22-20(24)27-11-12-9-10-26-23-12/h2-3,6-7,9-10H,1,4-5,8,11H2. The maximum absolute atomic E-state index is 14.6. The van der Waals surface area contributed by atoms with E-state index in [-0.39, 0.29) is 11.2 Å². The average molecular weight is 413 g/mol. The fourth-order valence-electron chi connectivity index (χ4n) is 3.58. The third-order valence-electron chi connectivity index (χ3n) is 4.89. The zero-order valence-corrected chi connectivity index (χ0v) is 16.5. The molecule has 3 aromatic heterocycles. The van der Waals surface area contributed by atoms with Gasteiger partial charge < -0.3 is 4.52 Å². The van der Waals surface area contributed by atoms with E-state index in [4.69, 9.17) is 9.51 Å². The van der Waals surface area contributed by atoms with Crippen molar-refractivity contribution < 1.29 is 8.91 Å². The van der Waals surface area contributed by atoms with Crippen LogP contribution < -0.4 is 5.56 Å². The minimum absolute atomic E-state index is 0.197. The Morgan fingerprint density at radius 1 is 1.21 bits per heavy atom. The highest BCUT2D eigenvalue weighted by atomic mass is 32.2. The van der Waals surface area contributed by atoms with Crippen molar-refractivity contribution in [2.75, 3.05) is 0 Å². The van der Waals surface area contributed by atoms with Gasteiger partial charge in [0, 0.05) is 16.7 Å². The molecular weight excluding hydrogens is 397 g/mol. The van der Waals surface area contributed by atoms with Gasteiger partial charge in [-0.25, -0.2) is 9.37 Å². The van der Waals surface area contributed by atoms with Crippen molar-refractivity contribution in [3.63, 3.8) is 0 Å². The predicted molar refractivity (Wildman–Crippen MR) is 108 cm³/mol. The zero-order chi connectivity index (χ0) is 19.1. The first-order chi connectivity index (χ1) is 13.7. The number of aryl methyl sites for hydroxylation is 2. The number of thiophene rings is 1. The highest BCUT2D eigenvalue weighted by molar-refractivity contribution is 7.98. The van der Waals surface area contributed by atoms with E-state index >= 15 is 0 Å². The SMILES string of the molecule is O=c1c2c3c(sc2nc(SCc2ccon2)n1-c1ccccc1F)CCCC3. The summed E-state index contributed by atoms with van der Waals surface area (Å²) in [5.74, 6) is 0.0340. The quantitative estimate of drug-likeness (QED) is 0.357.